The van der Waals surface area contributed by atoms with Crippen molar-refractivity contribution in [2.24, 2.45) is 0 Å². The van der Waals surface area contributed by atoms with E-state index in [9.17, 15) is 22.9 Å². The van der Waals surface area contributed by atoms with E-state index >= 15 is 0 Å². The monoisotopic (exact) mass is 612 g/mol. The van der Waals surface area contributed by atoms with Gasteiger partial charge in [0, 0.05) is 59.6 Å². The predicted octanol–water partition coefficient (Wildman–Crippen LogP) is 4.60. The third-order valence-corrected chi connectivity index (χ3v) is 9.56. The van der Waals surface area contributed by atoms with E-state index in [1.54, 1.807) is 24.3 Å². The number of hydrogen-bond donors (Lipinski definition) is 1. The summed E-state index contributed by atoms with van der Waals surface area (Å²) in [5, 5.41) is 12.0. The van der Waals surface area contributed by atoms with Crippen molar-refractivity contribution in [3.8, 4) is 11.5 Å². The van der Waals surface area contributed by atoms with Gasteiger partial charge in [-0.25, -0.2) is 17.8 Å². The molecule has 9 heteroatoms. The molecule has 0 spiro atoms. The van der Waals surface area contributed by atoms with Gasteiger partial charge in [-0.3, -0.25) is 0 Å². The average Bonchev–Trinajstić information content (AvgIpc) is 2.93. The number of hydrogen-bond acceptors (Lipinski definition) is 6. The summed E-state index contributed by atoms with van der Waals surface area (Å²) >= 11 is 0. The highest BCUT2D eigenvalue weighted by molar-refractivity contribution is 7.86. The Labute approximate surface area is 257 Å². The lowest BCUT2D eigenvalue weighted by Gasteiger charge is -2.44. The summed E-state index contributed by atoms with van der Waals surface area (Å²) < 4.78 is 45.1. The highest BCUT2D eigenvalue weighted by atomic mass is 32.2. The first-order valence-corrected chi connectivity index (χ1v) is 16.4. The van der Waals surface area contributed by atoms with Crippen LogP contribution >= 0.6 is 0 Å². The number of benzene rings is 3. The third-order valence-electron chi connectivity index (χ3n) is 8.89. The number of aromatic carboxylic acids is 1. The van der Waals surface area contributed by atoms with Crippen LogP contribution in [0.3, 0.4) is 0 Å². The van der Waals surface area contributed by atoms with Gasteiger partial charge >= 0.3 is 5.97 Å². The second-order valence-corrected chi connectivity index (χ2v) is 14.0. The second-order valence-electron chi connectivity index (χ2n) is 12.6. The van der Waals surface area contributed by atoms with Gasteiger partial charge in [-0.15, -0.1) is 0 Å². The van der Waals surface area contributed by atoms with Gasteiger partial charge in [0.2, 0.25) is 5.36 Å². The van der Waals surface area contributed by atoms with E-state index in [0.29, 0.717) is 45.9 Å². The molecule has 6 rings (SSSR count). The van der Waals surface area contributed by atoms with Crippen molar-refractivity contribution in [1.82, 2.24) is 4.58 Å². The molecule has 0 saturated carbocycles. The lowest BCUT2D eigenvalue weighted by Crippen LogP contribution is -2.48. The fourth-order valence-corrected chi connectivity index (χ4v) is 7.68. The molecule has 3 aromatic rings. The number of carbonyl (C=O) groups is 1. The zero-order valence-electron chi connectivity index (χ0n) is 25.8. The molecule has 1 N–H and O–H groups in total. The van der Waals surface area contributed by atoms with Crippen molar-refractivity contribution in [2.45, 2.75) is 52.6 Å². The standard InChI is InChI=1S/C35H36N2O6S/c1-7-36-28-17-30-26(15-21(28)13-14-34(36,3)4)32(23-11-9-10-12-24(23)33(38)39)27-16-25-22(20-44(40,41)42)19-35(5,6)37(8-2)29(25)18-31(27)43-30/h9-19H,7-8,20H2,1-6H3,(H-,38,39,40,41,42). The summed E-state index contributed by atoms with van der Waals surface area (Å²) in [6, 6.07) is 14.7. The minimum absolute atomic E-state index is 0.137. The van der Waals surface area contributed by atoms with Crippen molar-refractivity contribution in [2.75, 3.05) is 23.7 Å². The largest absolute Gasteiger partial charge is 0.748 e. The minimum atomic E-state index is -4.59. The smallest absolute Gasteiger partial charge is 0.336 e. The van der Waals surface area contributed by atoms with Crippen molar-refractivity contribution in [3.05, 3.63) is 99.1 Å². The number of likely N-dealkylation sites (N-methyl/N-ethyl adjacent to an activating group) is 2. The lowest BCUT2D eigenvalue weighted by molar-refractivity contribution is 0.0696. The highest BCUT2D eigenvalue weighted by Crippen LogP contribution is 2.47. The Morgan fingerprint density at radius 2 is 1.73 bits per heavy atom. The van der Waals surface area contributed by atoms with Crippen molar-refractivity contribution >= 4 is 39.0 Å². The summed E-state index contributed by atoms with van der Waals surface area (Å²) in [6.45, 7) is 13.8. The van der Waals surface area contributed by atoms with Crippen molar-refractivity contribution in [1.29, 1.82) is 0 Å². The summed E-state index contributed by atoms with van der Waals surface area (Å²) in [4.78, 5) is 14.6. The SMILES string of the molecule is CCN1c2cc3c(cc2C(CS(=O)(=O)[O-])=CC1(C)C)C(c1ccccc1C(=O)O)=c1cc2c(cc1O3)=[N+](CC)C(C)(C)C=C2. The first kappa shape index (κ1) is 29.8. The Morgan fingerprint density at radius 1 is 1.00 bits per heavy atom. The number of ether oxygens (including phenoxy) is 1. The van der Waals surface area contributed by atoms with Crippen LogP contribution in [0.25, 0.3) is 17.2 Å². The topological polar surface area (TPSA) is 110 Å². The molecule has 3 aromatic carbocycles. The van der Waals surface area contributed by atoms with Crippen LogP contribution in [-0.4, -0.2) is 54.0 Å². The Balaban J connectivity index is 1.75. The average molecular weight is 613 g/mol. The maximum atomic E-state index is 12.5. The molecule has 228 valence electrons. The molecule has 44 heavy (non-hydrogen) atoms. The van der Waals surface area contributed by atoms with Crippen LogP contribution in [0.1, 0.15) is 74.2 Å². The number of anilines is 1. The molecule has 3 aliphatic heterocycles. The van der Waals surface area contributed by atoms with E-state index in [2.05, 4.69) is 42.4 Å². The molecule has 0 amide bonds. The van der Waals surface area contributed by atoms with Crippen LogP contribution in [0, 0.1) is 0 Å². The molecular formula is C35H36N2O6S. The first-order valence-electron chi connectivity index (χ1n) is 14.8. The van der Waals surface area contributed by atoms with E-state index in [-0.39, 0.29) is 11.1 Å². The van der Waals surface area contributed by atoms with Crippen LogP contribution in [0.2, 0.25) is 0 Å². The Hall–Kier alpha value is -4.21. The zero-order valence-corrected chi connectivity index (χ0v) is 26.6. The van der Waals surface area contributed by atoms with Crippen LogP contribution in [-0.2, 0) is 10.1 Å². The number of carboxylic acid groups (broad SMARTS) is 1. The normalized spacial score (nSPS) is 17.6. The van der Waals surface area contributed by atoms with Crippen LogP contribution in [0.15, 0.2) is 60.7 Å². The van der Waals surface area contributed by atoms with Crippen molar-refractivity contribution < 1.29 is 27.6 Å². The molecule has 3 aliphatic rings. The summed E-state index contributed by atoms with van der Waals surface area (Å²) in [6.07, 6.45) is 6.09. The fraction of sp³-hybridized carbons (Fsp3) is 0.314. The second kappa shape index (κ2) is 10.2. The van der Waals surface area contributed by atoms with Crippen LogP contribution in [0.5, 0.6) is 11.5 Å². The minimum Gasteiger partial charge on any atom is -0.748 e. The van der Waals surface area contributed by atoms with E-state index < -0.39 is 27.4 Å². The van der Waals surface area contributed by atoms with Gasteiger partial charge < -0.3 is 19.3 Å². The molecule has 3 heterocycles. The molecular weight excluding hydrogens is 576 g/mol. The Morgan fingerprint density at radius 3 is 2.39 bits per heavy atom. The lowest BCUT2D eigenvalue weighted by atomic mass is 9.83. The van der Waals surface area contributed by atoms with E-state index in [1.165, 1.54) is 0 Å². The molecule has 0 aliphatic carbocycles. The Bertz CT molecular complexity index is 2050. The summed E-state index contributed by atoms with van der Waals surface area (Å²) in [7, 11) is -4.59. The van der Waals surface area contributed by atoms with Crippen LogP contribution in [0.4, 0.5) is 5.69 Å². The van der Waals surface area contributed by atoms with E-state index in [1.807, 2.05) is 51.1 Å². The quantitative estimate of drug-likeness (QED) is 0.250. The predicted molar refractivity (Wildman–Crippen MR) is 172 cm³/mol. The van der Waals surface area contributed by atoms with Gasteiger partial charge in [-0.1, -0.05) is 24.3 Å². The molecule has 0 unspecified atom stereocenters. The van der Waals surface area contributed by atoms with Gasteiger partial charge in [0.05, 0.1) is 33.0 Å². The maximum absolute atomic E-state index is 12.5. The first-order chi connectivity index (χ1) is 20.6. The Kier molecular flexibility index (Phi) is 6.90. The van der Waals surface area contributed by atoms with E-state index in [0.717, 1.165) is 28.4 Å². The summed E-state index contributed by atoms with van der Waals surface area (Å²) in [5.74, 6) is -0.582. The van der Waals surface area contributed by atoms with Crippen LogP contribution < -0.4 is 24.8 Å². The molecule has 0 aromatic heterocycles. The molecule has 0 saturated heterocycles. The molecule has 0 fully saturated rings. The number of nitrogens with zero attached hydrogens (tertiary/aromatic N) is 2. The van der Waals surface area contributed by atoms with Gasteiger partial charge in [-0.2, -0.15) is 0 Å². The number of carboxylic acids is 1. The fourth-order valence-electron chi connectivity index (χ4n) is 7.06. The maximum Gasteiger partial charge on any atom is 0.336 e. The highest BCUT2D eigenvalue weighted by Gasteiger charge is 2.36. The molecule has 0 radical (unpaired) electrons. The third kappa shape index (κ3) is 4.84. The summed E-state index contributed by atoms with van der Waals surface area (Å²) in [5.41, 5.74) is 3.94. The molecule has 0 atom stereocenters. The van der Waals surface area contributed by atoms with Gasteiger partial charge in [-0.05, 0) is 69.2 Å². The molecule has 8 nitrogen and oxygen atoms in total. The van der Waals surface area contributed by atoms with Gasteiger partial charge in [0.15, 0.2) is 5.54 Å². The van der Waals surface area contributed by atoms with E-state index in [4.69, 9.17) is 4.74 Å². The molecule has 0 bridgehead atoms. The number of fused-ring (bicyclic) bond motifs is 4. The van der Waals surface area contributed by atoms with Gasteiger partial charge in [0.25, 0.3) is 0 Å². The van der Waals surface area contributed by atoms with Crippen molar-refractivity contribution in [3.63, 3.8) is 0 Å². The number of rotatable bonds is 6. The van der Waals surface area contributed by atoms with Gasteiger partial charge in [0.1, 0.15) is 18.0 Å². The zero-order chi connectivity index (χ0) is 31.8.